The molecule has 0 amide bonds. The van der Waals surface area contributed by atoms with Crippen molar-refractivity contribution in [3.8, 4) is 5.69 Å². The van der Waals surface area contributed by atoms with E-state index in [1.54, 1.807) is 41.9 Å². The van der Waals surface area contributed by atoms with Gasteiger partial charge in [0.05, 0.1) is 23.7 Å². The molecule has 0 fully saturated rings. The Morgan fingerprint density at radius 2 is 2.04 bits per heavy atom. The van der Waals surface area contributed by atoms with Gasteiger partial charge in [-0.05, 0) is 6.92 Å². The maximum Gasteiger partial charge on any atom is 0.421 e. The van der Waals surface area contributed by atoms with Crippen LogP contribution in [0.15, 0.2) is 35.0 Å². The number of halogens is 3. The molecule has 0 aromatic carbocycles. The van der Waals surface area contributed by atoms with E-state index in [0.29, 0.717) is 16.9 Å². The molecule has 25 heavy (non-hydrogen) atoms. The van der Waals surface area contributed by atoms with Crippen molar-refractivity contribution < 1.29 is 13.2 Å². The van der Waals surface area contributed by atoms with E-state index in [2.05, 4.69) is 25.8 Å². The number of rotatable bonds is 3. The summed E-state index contributed by atoms with van der Waals surface area (Å²) in [5.74, 6) is -1.82. The van der Waals surface area contributed by atoms with Gasteiger partial charge in [-0.2, -0.15) is 23.4 Å². The second kappa shape index (κ2) is 5.62. The molecule has 0 spiro atoms. The highest BCUT2D eigenvalue weighted by atomic mass is 19.4. The fourth-order valence-corrected chi connectivity index (χ4v) is 2.56. The lowest BCUT2D eigenvalue weighted by atomic mass is 10.1. The van der Waals surface area contributed by atoms with Crippen molar-refractivity contribution in [3.05, 3.63) is 41.2 Å². The van der Waals surface area contributed by atoms with Crippen molar-refractivity contribution in [2.45, 2.75) is 18.9 Å². The Morgan fingerprint density at radius 3 is 2.60 bits per heavy atom. The van der Waals surface area contributed by atoms with Gasteiger partial charge in [-0.25, -0.2) is 9.67 Å². The minimum atomic E-state index is -4.55. The normalized spacial score (nSPS) is 20.8. The number of nitrogens with zero attached hydrogens (tertiary/aromatic N) is 5. The molecule has 3 rings (SSSR count). The van der Waals surface area contributed by atoms with Gasteiger partial charge in [-0.15, -0.1) is 0 Å². The zero-order valence-electron chi connectivity index (χ0n) is 13.8. The van der Waals surface area contributed by atoms with E-state index >= 15 is 0 Å². The Bertz CT molecular complexity index is 860. The fraction of sp³-hybridized carbons (Fsp3) is 0.357. The van der Waals surface area contributed by atoms with Crippen LogP contribution in [-0.4, -0.2) is 39.0 Å². The van der Waals surface area contributed by atoms with E-state index in [-0.39, 0.29) is 5.82 Å². The molecular formula is C14H17F3N8. The lowest BCUT2D eigenvalue weighted by molar-refractivity contribution is -0.0875. The Kier molecular flexibility index (Phi) is 3.82. The van der Waals surface area contributed by atoms with Crippen LogP contribution in [0, 0.1) is 6.92 Å². The second-order valence-electron chi connectivity index (χ2n) is 5.63. The molecule has 2 aromatic heterocycles. The van der Waals surface area contributed by atoms with Gasteiger partial charge in [-0.1, -0.05) is 0 Å². The molecule has 8 nitrogen and oxygen atoms in total. The predicted molar refractivity (Wildman–Crippen MR) is 84.7 cm³/mol. The Balaban J connectivity index is 1.99. The Labute approximate surface area is 141 Å². The molecule has 1 atom stereocenters. The van der Waals surface area contributed by atoms with E-state index < -0.39 is 17.5 Å². The van der Waals surface area contributed by atoms with Gasteiger partial charge in [0.1, 0.15) is 17.1 Å². The minimum absolute atomic E-state index is 0.251. The number of aliphatic imine (C=N–C) groups is 1. The van der Waals surface area contributed by atoms with Crippen molar-refractivity contribution in [1.82, 2.24) is 30.2 Å². The summed E-state index contributed by atoms with van der Waals surface area (Å²) in [6, 6.07) is 0. The lowest BCUT2D eigenvalue weighted by Crippen LogP contribution is -2.54. The van der Waals surface area contributed by atoms with Crippen LogP contribution in [0.2, 0.25) is 0 Å². The Hall–Kier alpha value is -2.82. The van der Waals surface area contributed by atoms with E-state index in [4.69, 9.17) is 5.73 Å². The van der Waals surface area contributed by atoms with E-state index in [9.17, 15) is 13.2 Å². The molecule has 2 aromatic rings. The molecule has 0 radical (unpaired) electrons. The summed E-state index contributed by atoms with van der Waals surface area (Å²) in [6.07, 6.45) is 1.15. The number of aryl methyl sites for hydroxylation is 2. The molecular weight excluding hydrogens is 337 g/mol. The molecule has 1 aliphatic rings. The summed E-state index contributed by atoms with van der Waals surface area (Å²) in [6.45, 7) is 1.70. The molecule has 134 valence electrons. The van der Waals surface area contributed by atoms with Crippen LogP contribution in [0.3, 0.4) is 0 Å². The van der Waals surface area contributed by atoms with Gasteiger partial charge >= 0.3 is 6.18 Å². The summed E-state index contributed by atoms with van der Waals surface area (Å²) >= 11 is 0. The van der Waals surface area contributed by atoms with Crippen LogP contribution in [-0.2, 0) is 12.8 Å². The number of alkyl halides is 3. The summed E-state index contributed by atoms with van der Waals surface area (Å²) in [5, 5.41) is 13.5. The van der Waals surface area contributed by atoms with E-state index in [1.165, 1.54) is 7.05 Å². The monoisotopic (exact) mass is 354 g/mol. The first-order valence-corrected chi connectivity index (χ1v) is 7.31. The third kappa shape index (κ3) is 2.97. The SMILES string of the molecule is CNC1=C(C(F)(F)F)C=NC(N)(c2cn(-c3cnn(C)c3)nc2C)N1. The number of aromatic nitrogens is 4. The van der Waals surface area contributed by atoms with Crippen LogP contribution < -0.4 is 16.4 Å². The highest BCUT2D eigenvalue weighted by molar-refractivity contribution is 5.82. The summed E-state index contributed by atoms with van der Waals surface area (Å²) in [5.41, 5.74) is 6.97. The third-order valence-corrected chi connectivity index (χ3v) is 3.80. The number of hydrogen-bond acceptors (Lipinski definition) is 6. The highest BCUT2D eigenvalue weighted by Crippen LogP contribution is 2.31. The van der Waals surface area contributed by atoms with Gasteiger partial charge in [0, 0.05) is 26.5 Å². The standard InChI is InChI=1S/C14H17F3N8/c1-8-11(7-25(23-8)9-4-21-24(3)6-9)14(18)20-5-10(13(15,16)17)12(19-2)22-14/h4-7,19,22H,18H2,1-3H3. The first kappa shape index (κ1) is 17.0. The second-order valence-corrected chi connectivity index (χ2v) is 5.63. The van der Waals surface area contributed by atoms with Crippen LogP contribution in [0.4, 0.5) is 13.2 Å². The zero-order chi connectivity index (χ0) is 18.4. The molecule has 1 aliphatic heterocycles. The summed E-state index contributed by atoms with van der Waals surface area (Å²) in [4.78, 5) is 3.90. The Morgan fingerprint density at radius 1 is 1.32 bits per heavy atom. The van der Waals surface area contributed by atoms with Gasteiger partial charge in [0.25, 0.3) is 0 Å². The third-order valence-electron chi connectivity index (χ3n) is 3.80. The van der Waals surface area contributed by atoms with Crippen molar-refractivity contribution in [2.75, 3.05) is 7.05 Å². The quantitative estimate of drug-likeness (QED) is 0.752. The van der Waals surface area contributed by atoms with Gasteiger partial charge < -0.3 is 10.6 Å². The van der Waals surface area contributed by atoms with Gasteiger partial charge in [0.2, 0.25) is 5.79 Å². The van der Waals surface area contributed by atoms with Crippen molar-refractivity contribution >= 4 is 6.21 Å². The molecule has 0 saturated heterocycles. The fourth-order valence-electron chi connectivity index (χ4n) is 2.56. The molecule has 1 unspecified atom stereocenters. The zero-order valence-corrected chi connectivity index (χ0v) is 13.8. The molecule has 0 saturated carbocycles. The summed E-state index contributed by atoms with van der Waals surface area (Å²) < 4.78 is 42.3. The molecule has 4 N–H and O–H groups in total. The molecule has 3 heterocycles. The van der Waals surface area contributed by atoms with Crippen LogP contribution >= 0.6 is 0 Å². The molecule has 0 bridgehead atoms. The van der Waals surface area contributed by atoms with E-state index in [0.717, 1.165) is 6.21 Å². The molecule has 0 aliphatic carbocycles. The number of hydrogen-bond donors (Lipinski definition) is 3. The van der Waals surface area contributed by atoms with Crippen molar-refractivity contribution in [2.24, 2.45) is 17.8 Å². The largest absolute Gasteiger partial charge is 0.421 e. The smallest absolute Gasteiger partial charge is 0.374 e. The average molecular weight is 354 g/mol. The maximum absolute atomic E-state index is 13.0. The van der Waals surface area contributed by atoms with Gasteiger partial charge in [-0.3, -0.25) is 10.4 Å². The van der Waals surface area contributed by atoms with Gasteiger partial charge in [0.15, 0.2) is 0 Å². The maximum atomic E-state index is 13.0. The van der Waals surface area contributed by atoms with E-state index in [1.807, 2.05) is 0 Å². The highest BCUT2D eigenvalue weighted by Gasteiger charge is 2.42. The number of nitrogens with two attached hydrogens (primary N) is 1. The first-order valence-electron chi connectivity index (χ1n) is 7.31. The number of allylic oxidation sites excluding steroid dienone is 1. The topological polar surface area (TPSA) is 98.1 Å². The molecule has 11 heteroatoms. The average Bonchev–Trinajstić information content (AvgIpc) is 3.12. The predicted octanol–water partition coefficient (Wildman–Crippen LogP) is 0.651. The number of nitrogens with one attached hydrogen (secondary N) is 2. The van der Waals surface area contributed by atoms with Crippen molar-refractivity contribution in [1.29, 1.82) is 0 Å². The van der Waals surface area contributed by atoms with Crippen molar-refractivity contribution in [3.63, 3.8) is 0 Å². The minimum Gasteiger partial charge on any atom is -0.374 e. The lowest BCUT2D eigenvalue weighted by Gasteiger charge is -2.33. The van der Waals surface area contributed by atoms with Crippen LogP contribution in [0.5, 0.6) is 0 Å². The summed E-state index contributed by atoms with van der Waals surface area (Å²) in [7, 11) is 3.14. The van der Waals surface area contributed by atoms with Crippen LogP contribution in [0.1, 0.15) is 11.3 Å². The first-order chi connectivity index (χ1) is 11.6. The van der Waals surface area contributed by atoms with Crippen LogP contribution in [0.25, 0.3) is 5.69 Å².